The van der Waals surface area contributed by atoms with Crippen LogP contribution in [0, 0.1) is 10.1 Å². The molecule has 4 aromatic rings. The van der Waals surface area contributed by atoms with Crippen LogP contribution in [0.5, 0.6) is 5.75 Å². The lowest BCUT2D eigenvalue weighted by molar-refractivity contribution is -0.384. The molecule has 0 aliphatic carbocycles. The first-order chi connectivity index (χ1) is 20.3. The average molecular weight is 608 g/mol. The third kappa shape index (κ3) is 5.40. The minimum absolute atomic E-state index is 0.128. The number of hydrogen-bond acceptors (Lipinski definition) is 9. The van der Waals surface area contributed by atoms with Crippen molar-refractivity contribution < 1.29 is 23.6 Å². The summed E-state index contributed by atoms with van der Waals surface area (Å²) in [5.74, 6) is 0.620. The zero-order chi connectivity index (χ0) is 30.0. The maximum Gasteiger partial charge on any atom is 0.338 e. The van der Waals surface area contributed by atoms with Crippen LogP contribution in [0.15, 0.2) is 80.1 Å². The van der Waals surface area contributed by atoms with Crippen LogP contribution in [0.1, 0.15) is 44.1 Å². The number of carbonyl (C=O) groups excluding carboxylic acids is 1. The van der Waals surface area contributed by atoms with Crippen molar-refractivity contribution in [2.45, 2.75) is 32.7 Å². The van der Waals surface area contributed by atoms with Crippen LogP contribution in [0.4, 0.5) is 5.69 Å². The Bertz CT molecular complexity index is 1900. The molecule has 1 unspecified atom stereocenters. The lowest BCUT2D eigenvalue weighted by Crippen LogP contribution is -2.40. The quantitative estimate of drug-likeness (QED) is 0.141. The lowest BCUT2D eigenvalue weighted by atomic mass is 9.93. The highest BCUT2D eigenvalue weighted by molar-refractivity contribution is 7.07. The second-order valence-corrected chi connectivity index (χ2v) is 10.7. The van der Waals surface area contributed by atoms with E-state index >= 15 is 0 Å². The molecule has 216 valence electrons. The molecule has 5 rings (SSSR count). The molecule has 2 aromatic carbocycles. The van der Waals surface area contributed by atoms with Gasteiger partial charge in [0.2, 0.25) is 0 Å². The normalized spacial score (nSPS) is 14.9. The summed E-state index contributed by atoms with van der Waals surface area (Å²) in [4.78, 5) is 43.2. The number of fused-ring (bicyclic) bond motifs is 1. The Balaban J connectivity index is 1.68. The van der Waals surface area contributed by atoms with Crippen molar-refractivity contribution in [2.24, 2.45) is 4.99 Å². The molecular formula is C30H26ClN3O7S. The van der Waals surface area contributed by atoms with E-state index in [1.807, 2.05) is 25.1 Å². The number of furan rings is 1. The highest BCUT2D eigenvalue weighted by Crippen LogP contribution is 2.37. The number of ether oxygens (including phenoxy) is 2. The number of aromatic nitrogens is 1. The monoisotopic (exact) mass is 607 g/mol. The zero-order valence-electron chi connectivity index (χ0n) is 23.0. The number of nitro benzene ring substituents is 1. The van der Waals surface area contributed by atoms with Gasteiger partial charge in [0.25, 0.3) is 11.2 Å². The van der Waals surface area contributed by atoms with Crippen molar-refractivity contribution in [3.63, 3.8) is 0 Å². The minimum Gasteiger partial charge on any atom is -0.496 e. The minimum atomic E-state index is -0.823. The summed E-state index contributed by atoms with van der Waals surface area (Å²) < 4.78 is 18.8. The number of rotatable bonds is 9. The van der Waals surface area contributed by atoms with Crippen LogP contribution in [-0.2, 0) is 9.53 Å². The second-order valence-electron chi connectivity index (χ2n) is 9.28. The van der Waals surface area contributed by atoms with Crippen LogP contribution in [0.25, 0.3) is 17.4 Å². The first kappa shape index (κ1) is 29.0. The summed E-state index contributed by atoms with van der Waals surface area (Å²) in [7, 11) is 1.53. The number of benzene rings is 2. The fourth-order valence-corrected chi connectivity index (χ4v) is 6.04. The fourth-order valence-electron chi connectivity index (χ4n) is 4.83. The molecule has 10 nitrogen and oxygen atoms in total. The molecule has 1 aliphatic rings. The standard InChI is InChI=1S/C30H26ClN3O7S/c1-4-8-22-26(29(36)40-5-2)27(19-9-6-7-10-23(19)39-3)33-28(35)25(42-30(33)32-22)16-18-12-14-24(41-18)20-15-17(34(37)38)11-13-21(20)31/h6-7,9-16,27H,4-5,8H2,1-3H3/b25-16-. The number of non-ortho nitro benzene ring substituents is 1. The van der Waals surface area contributed by atoms with Crippen LogP contribution in [0.2, 0.25) is 5.02 Å². The van der Waals surface area contributed by atoms with Gasteiger partial charge in [0, 0.05) is 29.3 Å². The highest BCUT2D eigenvalue weighted by Gasteiger charge is 2.35. The van der Waals surface area contributed by atoms with E-state index in [1.165, 1.54) is 41.2 Å². The Kier molecular flexibility index (Phi) is 8.41. The molecule has 12 heteroatoms. The summed E-state index contributed by atoms with van der Waals surface area (Å²) in [5.41, 5.74) is 1.32. The Hall–Kier alpha value is -4.48. The number of nitro groups is 1. The highest BCUT2D eigenvalue weighted by atomic mass is 35.5. The summed E-state index contributed by atoms with van der Waals surface area (Å²) in [6, 6.07) is 13.8. The summed E-state index contributed by atoms with van der Waals surface area (Å²) in [6.07, 6.45) is 2.81. The van der Waals surface area contributed by atoms with Crippen LogP contribution >= 0.6 is 22.9 Å². The summed E-state index contributed by atoms with van der Waals surface area (Å²) in [5, 5.41) is 11.5. The van der Waals surface area contributed by atoms with E-state index in [0.717, 1.165) is 6.42 Å². The molecule has 0 fully saturated rings. The van der Waals surface area contributed by atoms with Gasteiger partial charge in [-0.3, -0.25) is 19.5 Å². The fraction of sp³-hybridized carbons (Fsp3) is 0.233. The molecule has 0 bridgehead atoms. The Labute approximate surface area is 248 Å². The maximum atomic E-state index is 14.0. The number of nitrogens with zero attached hydrogens (tertiary/aromatic N) is 3. The number of para-hydroxylation sites is 1. The zero-order valence-corrected chi connectivity index (χ0v) is 24.5. The predicted molar refractivity (Wildman–Crippen MR) is 158 cm³/mol. The van der Waals surface area contributed by atoms with Crippen molar-refractivity contribution in [3.05, 3.63) is 112 Å². The van der Waals surface area contributed by atoms with Gasteiger partial charge < -0.3 is 13.9 Å². The molecule has 0 saturated heterocycles. The third-order valence-corrected chi connectivity index (χ3v) is 7.96. The van der Waals surface area contributed by atoms with Crippen molar-refractivity contribution in [1.82, 2.24) is 4.57 Å². The largest absolute Gasteiger partial charge is 0.496 e. The molecule has 0 amide bonds. The van der Waals surface area contributed by atoms with E-state index < -0.39 is 16.9 Å². The van der Waals surface area contributed by atoms with E-state index in [0.29, 0.717) is 55.4 Å². The van der Waals surface area contributed by atoms with Crippen molar-refractivity contribution in [3.8, 4) is 17.1 Å². The molecule has 1 atom stereocenters. The average Bonchev–Trinajstić information content (AvgIpc) is 3.56. The second kappa shape index (κ2) is 12.2. The van der Waals surface area contributed by atoms with Crippen LogP contribution < -0.4 is 19.6 Å². The molecule has 0 radical (unpaired) electrons. The molecular weight excluding hydrogens is 582 g/mol. The van der Waals surface area contributed by atoms with E-state index in [4.69, 9.17) is 30.5 Å². The molecule has 0 N–H and O–H groups in total. The lowest BCUT2D eigenvalue weighted by Gasteiger charge is -2.26. The Morgan fingerprint density at radius 1 is 1.21 bits per heavy atom. The number of methoxy groups -OCH3 is 1. The summed E-state index contributed by atoms with van der Waals surface area (Å²) >= 11 is 7.46. The molecule has 3 heterocycles. The van der Waals surface area contributed by atoms with Gasteiger partial charge >= 0.3 is 5.97 Å². The van der Waals surface area contributed by atoms with Crippen molar-refractivity contribution in [1.29, 1.82) is 0 Å². The van der Waals surface area contributed by atoms with Gasteiger partial charge in [-0.05, 0) is 37.6 Å². The third-order valence-electron chi connectivity index (χ3n) is 6.65. The number of allylic oxidation sites excluding steroid dienone is 1. The smallest absolute Gasteiger partial charge is 0.338 e. The van der Waals surface area contributed by atoms with Gasteiger partial charge in [0.05, 0.1) is 39.5 Å². The number of halogens is 1. The molecule has 0 spiro atoms. The first-order valence-corrected chi connectivity index (χ1v) is 14.4. The van der Waals surface area contributed by atoms with Gasteiger partial charge in [-0.25, -0.2) is 9.79 Å². The Morgan fingerprint density at radius 3 is 2.71 bits per heavy atom. The summed E-state index contributed by atoms with van der Waals surface area (Å²) in [6.45, 7) is 3.88. The first-order valence-electron chi connectivity index (χ1n) is 13.2. The van der Waals surface area contributed by atoms with E-state index in [-0.39, 0.29) is 22.9 Å². The maximum absolute atomic E-state index is 14.0. The van der Waals surface area contributed by atoms with Crippen molar-refractivity contribution >= 4 is 40.7 Å². The number of carbonyl (C=O) groups is 1. The topological polar surface area (TPSA) is 126 Å². The number of esters is 1. The van der Waals surface area contributed by atoms with Gasteiger partial charge in [-0.1, -0.05) is 54.5 Å². The van der Waals surface area contributed by atoms with Gasteiger partial charge in [0.15, 0.2) is 4.80 Å². The van der Waals surface area contributed by atoms with Crippen LogP contribution in [0.3, 0.4) is 0 Å². The Morgan fingerprint density at radius 2 is 2.00 bits per heavy atom. The van der Waals surface area contributed by atoms with E-state index in [9.17, 15) is 19.7 Å². The molecule has 1 aliphatic heterocycles. The molecule has 42 heavy (non-hydrogen) atoms. The van der Waals surface area contributed by atoms with E-state index in [1.54, 1.807) is 31.2 Å². The van der Waals surface area contributed by atoms with Gasteiger partial charge in [-0.15, -0.1) is 0 Å². The van der Waals surface area contributed by atoms with Gasteiger partial charge in [-0.2, -0.15) is 0 Å². The predicted octanol–water partition coefficient (Wildman–Crippen LogP) is 5.41. The van der Waals surface area contributed by atoms with E-state index in [2.05, 4.69) is 0 Å². The van der Waals surface area contributed by atoms with Crippen molar-refractivity contribution in [2.75, 3.05) is 13.7 Å². The van der Waals surface area contributed by atoms with Crippen LogP contribution in [-0.4, -0.2) is 29.2 Å². The number of hydrogen-bond donors (Lipinski definition) is 0. The molecule has 0 saturated carbocycles. The SMILES string of the molecule is CCCC1=C(C(=O)OCC)C(c2ccccc2OC)n2c(s/c(=C\c3ccc(-c4cc([N+](=O)[O-])ccc4Cl)o3)c2=O)=N1. The molecule has 2 aromatic heterocycles. The number of thiazole rings is 1. The van der Waals surface area contributed by atoms with Gasteiger partial charge in [0.1, 0.15) is 23.3 Å².